The van der Waals surface area contributed by atoms with Gasteiger partial charge in [0, 0.05) is 28.3 Å². The number of hydrogen-bond donors (Lipinski definition) is 1. The highest BCUT2D eigenvalue weighted by Gasteiger charge is 2.49. The lowest BCUT2D eigenvalue weighted by Gasteiger charge is -2.45. The summed E-state index contributed by atoms with van der Waals surface area (Å²) in [4.78, 5) is 29.8. The molecule has 0 bridgehead atoms. The number of nitrogens with zero attached hydrogens (tertiary/aromatic N) is 2. The van der Waals surface area contributed by atoms with E-state index in [4.69, 9.17) is 4.42 Å². The molecule has 3 heterocycles. The zero-order chi connectivity index (χ0) is 24.0. The van der Waals surface area contributed by atoms with Crippen molar-refractivity contribution in [3.63, 3.8) is 0 Å². The average Bonchev–Trinajstić information content (AvgIpc) is 3.20. The summed E-state index contributed by atoms with van der Waals surface area (Å²) in [6.07, 6.45) is 6.72. The third-order valence-corrected chi connectivity index (χ3v) is 8.40. The van der Waals surface area contributed by atoms with Crippen LogP contribution in [0.15, 0.2) is 34.7 Å². The lowest BCUT2D eigenvalue weighted by molar-refractivity contribution is -0.127. The van der Waals surface area contributed by atoms with Crippen molar-refractivity contribution in [2.24, 2.45) is 0 Å². The van der Waals surface area contributed by atoms with Gasteiger partial charge in [-0.05, 0) is 50.8 Å². The molecular weight excluding hydrogens is 541 g/mol. The number of carbonyl (C=O) groups excluding carboxylic acids is 2. The van der Waals surface area contributed by atoms with Gasteiger partial charge in [0.25, 0.3) is 5.91 Å². The third kappa shape index (κ3) is 3.85. The molecule has 1 saturated carbocycles. The number of hydrogen-bond acceptors (Lipinski definition) is 3. The maximum absolute atomic E-state index is 14.1. The van der Waals surface area contributed by atoms with Crippen molar-refractivity contribution in [2.75, 3.05) is 4.90 Å². The van der Waals surface area contributed by atoms with Gasteiger partial charge in [-0.15, -0.1) is 0 Å². The molecule has 1 aliphatic heterocycles. The van der Waals surface area contributed by atoms with Gasteiger partial charge in [0.2, 0.25) is 5.91 Å². The second-order valence-corrected chi connectivity index (χ2v) is 10.8. The van der Waals surface area contributed by atoms with Crippen LogP contribution in [0.4, 0.5) is 5.69 Å². The fourth-order valence-electron chi connectivity index (χ4n) is 5.60. The van der Waals surface area contributed by atoms with Crippen LogP contribution in [-0.4, -0.2) is 28.0 Å². The molecule has 1 aromatic carbocycles. The van der Waals surface area contributed by atoms with E-state index in [-0.39, 0.29) is 17.9 Å². The molecular formula is C27H32IN3O3. The molecule has 3 aromatic rings. The molecule has 5 rings (SSSR count). The summed E-state index contributed by atoms with van der Waals surface area (Å²) in [6, 6.07) is 9.96. The predicted molar refractivity (Wildman–Crippen MR) is 143 cm³/mol. The Balaban J connectivity index is 1.62. The molecule has 0 saturated heterocycles. The van der Waals surface area contributed by atoms with Crippen LogP contribution < -0.4 is 10.2 Å². The number of amides is 2. The zero-order valence-corrected chi connectivity index (χ0v) is 22.3. The Morgan fingerprint density at radius 2 is 1.91 bits per heavy atom. The van der Waals surface area contributed by atoms with E-state index in [1.807, 2.05) is 49.6 Å². The second-order valence-electron chi connectivity index (χ2n) is 9.99. The molecule has 1 unspecified atom stereocenters. The Hall–Kier alpha value is -2.29. The number of alkyl halides is 1. The van der Waals surface area contributed by atoms with Crippen molar-refractivity contribution in [2.45, 2.75) is 81.8 Å². The first kappa shape index (κ1) is 23.5. The van der Waals surface area contributed by atoms with E-state index in [0.29, 0.717) is 17.8 Å². The fraction of sp³-hybridized carbons (Fsp3) is 0.481. The van der Waals surface area contributed by atoms with Gasteiger partial charge in [-0.1, -0.05) is 60.4 Å². The summed E-state index contributed by atoms with van der Waals surface area (Å²) < 4.78 is 8.65. The van der Waals surface area contributed by atoms with E-state index in [1.165, 1.54) is 18.4 Å². The number of aryl methyl sites for hydroxylation is 1. The predicted octanol–water partition coefficient (Wildman–Crippen LogP) is 6.04. The number of carbonyl (C=O) groups is 2. The standard InChI is InChI=1S/C27H32IN3O3/c1-17-13-22-24(34-17)14-23-25(32)31(21-12-8-9-19(15-28)18(21)2)27(3,16-30(22)23)26(33)29-20-10-6-4-5-7-11-20/h8-9,12-14,20H,4-7,10-11,15-16H2,1-3H3,(H,29,33). The minimum absolute atomic E-state index is 0.0836. The third-order valence-electron chi connectivity index (χ3n) is 7.58. The van der Waals surface area contributed by atoms with Crippen molar-refractivity contribution >= 4 is 51.2 Å². The first-order valence-electron chi connectivity index (χ1n) is 12.2. The van der Waals surface area contributed by atoms with E-state index in [0.717, 1.165) is 52.6 Å². The van der Waals surface area contributed by atoms with Crippen LogP contribution in [-0.2, 0) is 15.8 Å². The van der Waals surface area contributed by atoms with E-state index >= 15 is 0 Å². The summed E-state index contributed by atoms with van der Waals surface area (Å²) >= 11 is 2.35. The first-order chi connectivity index (χ1) is 16.3. The molecule has 2 amide bonds. The molecule has 34 heavy (non-hydrogen) atoms. The lowest BCUT2D eigenvalue weighted by Crippen LogP contribution is -2.65. The Morgan fingerprint density at radius 3 is 2.62 bits per heavy atom. The van der Waals surface area contributed by atoms with E-state index in [2.05, 4.69) is 34.0 Å². The van der Waals surface area contributed by atoms with Crippen LogP contribution in [0.5, 0.6) is 0 Å². The summed E-state index contributed by atoms with van der Waals surface area (Å²) in [6.45, 7) is 6.24. The highest BCUT2D eigenvalue weighted by molar-refractivity contribution is 14.1. The van der Waals surface area contributed by atoms with Crippen molar-refractivity contribution in [3.05, 3.63) is 52.9 Å². The lowest BCUT2D eigenvalue weighted by atomic mass is 9.91. The summed E-state index contributed by atoms with van der Waals surface area (Å²) in [5.41, 5.74) is 4.06. The van der Waals surface area contributed by atoms with Gasteiger partial charge in [-0.3, -0.25) is 14.5 Å². The van der Waals surface area contributed by atoms with Crippen LogP contribution in [0.2, 0.25) is 0 Å². The SMILES string of the molecule is Cc1cc2c(cc3n2CC(C)(C(=O)NC2CCCCCC2)N(c2cccc(CI)c2C)C3=O)o1. The van der Waals surface area contributed by atoms with Crippen LogP contribution in [0.1, 0.15) is 72.8 Å². The molecule has 1 atom stereocenters. The monoisotopic (exact) mass is 573 g/mol. The Labute approximate surface area is 214 Å². The number of nitrogens with one attached hydrogen (secondary N) is 1. The Bertz CT molecular complexity index is 1250. The molecule has 1 aliphatic carbocycles. The number of fused-ring (bicyclic) bond motifs is 3. The number of aromatic nitrogens is 1. The minimum atomic E-state index is -1.07. The van der Waals surface area contributed by atoms with E-state index in [1.54, 1.807) is 4.90 Å². The summed E-state index contributed by atoms with van der Waals surface area (Å²) in [7, 11) is 0. The maximum atomic E-state index is 14.1. The highest BCUT2D eigenvalue weighted by Crippen LogP contribution is 2.39. The van der Waals surface area contributed by atoms with Gasteiger partial charge in [0.1, 0.15) is 17.0 Å². The molecule has 7 heteroatoms. The van der Waals surface area contributed by atoms with Crippen molar-refractivity contribution in [1.29, 1.82) is 0 Å². The van der Waals surface area contributed by atoms with Gasteiger partial charge in [-0.2, -0.15) is 0 Å². The topological polar surface area (TPSA) is 67.5 Å². The molecule has 1 N–H and O–H groups in total. The molecule has 2 aliphatic rings. The van der Waals surface area contributed by atoms with Gasteiger partial charge in [0.05, 0.1) is 12.1 Å². The van der Waals surface area contributed by atoms with Gasteiger partial charge >= 0.3 is 0 Å². The molecule has 0 radical (unpaired) electrons. The molecule has 180 valence electrons. The summed E-state index contributed by atoms with van der Waals surface area (Å²) in [5.74, 6) is 0.549. The van der Waals surface area contributed by atoms with Crippen LogP contribution >= 0.6 is 22.6 Å². The minimum Gasteiger partial charge on any atom is -0.460 e. The second kappa shape index (κ2) is 9.06. The Morgan fingerprint density at radius 1 is 1.18 bits per heavy atom. The average molecular weight is 573 g/mol. The van der Waals surface area contributed by atoms with Gasteiger partial charge in [-0.25, -0.2) is 0 Å². The van der Waals surface area contributed by atoms with Crippen molar-refractivity contribution in [1.82, 2.24) is 9.88 Å². The quantitative estimate of drug-likeness (QED) is 0.235. The normalized spacial score (nSPS) is 21.5. The van der Waals surface area contributed by atoms with Crippen molar-refractivity contribution < 1.29 is 14.0 Å². The van der Waals surface area contributed by atoms with Crippen molar-refractivity contribution in [3.8, 4) is 0 Å². The fourth-order valence-corrected chi connectivity index (χ4v) is 6.43. The smallest absolute Gasteiger partial charge is 0.276 e. The molecule has 0 spiro atoms. The zero-order valence-electron chi connectivity index (χ0n) is 20.1. The molecule has 2 aromatic heterocycles. The number of halogens is 1. The number of rotatable bonds is 4. The maximum Gasteiger partial charge on any atom is 0.276 e. The number of benzene rings is 1. The largest absolute Gasteiger partial charge is 0.460 e. The van der Waals surface area contributed by atoms with Crippen LogP contribution in [0.25, 0.3) is 11.1 Å². The van der Waals surface area contributed by atoms with E-state index in [9.17, 15) is 9.59 Å². The summed E-state index contributed by atoms with van der Waals surface area (Å²) in [5, 5.41) is 3.34. The molecule has 6 nitrogen and oxygen atoms in total. The number of anilines is 1. The molecule has 1 fully saturated rings. The first-order valence-corrected chi connectivity index (χ1v) is 13.8. The van der Waals surface area contributed by atoms with Gasteiger partial charge < -0.3 is 14.3 Å². The number of furan rings is 1. The van der Waals surface area contributed by atoms with Crippen LogP contribution in [0, 0.1) is 13.8 Å². The Kier molecular flexibility index (Phi) is 6.25. The van der Waals surface area contributed by atoms with Crippen LogP contribution in [0.3, 0.4) is 0 Å². The van der Waals surface area contributed by atoms with Gasteiger partial charge in [0.15, 0.2) is 5.58 Å². The highest BCUT2D eigenvalue weighted by atomic mass is 127. The van der Waals surface area contributed by atoms with E-state index < -0.39 is 5.54 Å².